The molecule has 0 saturated heterocycles. The van der Waals surface area contributed by atoms with Crippen LogP contribution >= 0.6 is 11.8 Å². The fourth-order valence-corrected chi connectivity index (χ4v) is 4.27. The number of thioether (sulfide) groups is 1. The number of carbonyl (C=O) groups excluding carboxylic acids is 1. The van der Waals surface area contributed by atoms with E-state index in [0.717, 1.165) is 47.1 Å². The maximum absolute atomic E-state index is 12.7. The Morgan fingerprint density at radius 2 is 2.04 bits per heavy atom. The van der Waals surface area contributed by atoms with Crippen LogP contribution in [0.2, 0.25) is 0 Å². The molecule has 1 N–H and O–H groups in total. The number of rotatable bonds is 6. The van der Waals surface area contributed by atoms with Gasteiger partial charge >= 0.3 is 0 Å². The minimum atomic E-state index is 0.0315. The van der Waals surface area contributed by atoms with Crippen molar-refractivity contribution >= 4 is 39.4 Å². The van der Waals surface area contributed by atoms with Gasteiger partial charge in [0.25, 0.3) is 0 Å². The van der Waals surface area contributed by atoms with Gasteiger partial charge in [0.15, 0.2) is 0 Å². The minimum absolute atomic E-state index is 0.0315. The van der Waals surface area contributed by atoms with E-state index in [1.807, 2.05) is 24.5 Å². The van der Waals surface area contributed by atoms with E-state index < -0.39 is 0 Å². The average molecular weight is 397 g/mol. The third-order valence-corrected chi connectivity index (χ3v) is 6.26. The molecule has 0 spiro atoms. The van der Waals surface area contributed by atoms with Gasteiger partial charge in [-0.1, -0.05) is 36.5 Å². The largest absolute Gasteiger partial charge is 0.306 e. The van der Waals surface area contributed by atoms with Gasteiger partial charge in [-0.05, 0) is 63.7 Å². The number of benzene rings is 1. The molecule has 1 fully saturated rings. The highest BCUT2D eigenvalue weighted by Crippen LogP contribution is 2.30. The zero-order valence-corrected chi connectivity index (χ0v) is 17.6. The summed E-state index contributed by atoms with van der Waals surface area (Å²) in [7, 11) is 4.21. The van der Waals surface area contributed by atoms with Crippen molar-refractivity contribution in [1.82, 2.24) is 14.9 Å². The summed E-state index contributed by atoms with van der Waals surface area (Å²) in [5, 5.41) is 5.69. The van der Waals surface area contributed by atoms with E-state index in [-0.39, 0.29) is 11.8 Å². The minimum Gasteiger partial charge on any atom is -0.306 e. The van der Waals surface area contributed by atoms with Crippen molar-refractivity contribution < 1.29 is 4.79 Å². The molecule has 1 heterocycles. The van der Waals surface area contributed by atoms with Crippen LogP contribution in [0.25, 0.3) is 15.8 Å². The van der Waals surface area contributed by atoms with Crippen molar-refractivity contribution in [2.45, 2.75) is 38.6 Å². The van der Waals surface area contributed by atoms with E-state index >= 15 is 0 Å². The molecule has 1 amide bonds. The number of nitrogens with zero attached hydrogens (tertiary/aromatic N) is 3. The highest BCUT2D eigenvalue weighted by molar-refractivity contribution is 8.10. The normalized spacial score (nSPS) is 20.4. The Balaban J connectivity index is 1.73. The molecule has 0 radical (unpaired) electrons. The summed E-state index contributed by atoms with van der Waals surface area (Å²) < 4.78 is 0. The Bertz CT molecular complexity index is 885. The molecule has 0 bridgehead atoms. The third-order valence-electron chi connectivity index (χ3n) is 5.37. The van der Waals surface area contributed by atoms with Crippen LogP contribution in [0, 0.1) is 5.92 Å². The number of aromatic nitrogens is 2. The van der Waals surface area contributed by atoms with Crippen LogP contribution in [0.3, 0.4) is 0 Å². The lowest BCUT2D eigenvalue weighted by Crippen LogP contribution is -2.35. The lowest BCUT2D eigenvalue weighted by atomic mass is 9.85. The zero-order chi connectivity index (χ0) is 20.1. The van der Waals surface area contributed by atoms with E-state index in [1.54, 1.807) is 18.0 Å². The zero-order valence-electron chi connectivity index (χ0n) is 16.8. The molecule has 0 aliphatic heterocycles. The molecule has 5 nitrogen and oxygen atoms in total. The van der Waals surface area contributed by atoms with Crippen molar-refractivity contribution in [3.8, 4) is 0 Å². The Morgan fingerprint density at radius 3 is 2.68 bits per heavy atom. The molecule has 1 aromatic heterocycles. The van der Waals surface area contributed by atoms with Gasteiger partial charge in [0.1, 0.15) is 0 Å². The topological polar surface area (TPSA) is 58.1 Å². The number of hydrogen-bond donors (Lipinski definition) is 1. The second kappa shape index (κ2) is 9.34. The summed E-state index contributed by atoms with van der Waals surface area (Å²) in [5.41, 5.74) is 1.90. The standard InChI is InChI=1S/C22H28N4OS/c1-5-20(28-6-2)16-7-8-17-14-23-22(24-19(17)13-16)25-21(27)15-9-11-18(12-10-15)26(3)4/h5-8,13-15,18H,2,9-12H2,1,3-4H3,(H,23,24,25,27)/b20-5-. The van der Waals surface area contributed by atoms with Gasteiger partial charge in [-0.3, -0.25) is 10.1 Å². The first kappa shape index (κ1) is 20.6. The fraction of sp³-hybridized carbons (Fsp3) is 0.409. The molecule has 1 aliphatic rings. The number of nitrogens with one attached hydrogen (secondary N) is 1. The molecule has 1 saturated carbocycles. The second-order valence-electron chi connectivity index (χ2n) is 7.36. The van der Waals surface area contributed by atoms with Crippen molar-refractivity contribution in [2.75, 3.05) is 19.4 Å². The van der Waals surface area contributed by atoms with Crippen molar-refractivity contribution in [2.24, 2.45) is 5.92 Å². The monoisotopic (exact) mass is 396 g/mol. The lowest BCUT2D eigenvalue weighted by molar-refractivity contribution is -0.121. The van der Waals surface area contributed by atoms with E-state index in [0.29, 0.717) is 12.0 Å². The van der Waals surface area contributed by atoms with Crippen LogP contribution in [0.15, 0.2) is 42.5 Å². The Kier molecular flexibility index (Phi) is 6.86. The summed E-state index contributed by atoms with van der Waals surface area (Å²) in [6.45, 7) is 5.79. The van der Waals surface area contributed by atoms with Gasteiger partial charge in [0.2, 0.25) is 11.9 Å². The number of fused-ring (bicyclic) bond motifs is 1. The Labute approximate surface area is 171 Å². The van der Waals surface area contributed by atoms with Gasteiger partial charge in [-0.2, -0.15) is 0 Å². The van der Waals surface area contributed by atoms with Gasteiger partial charge in [0, 0.05) is 28.4 Å². The number of carbonyl (C=O) groups is 1. The number of hydrogen-bond acceptors (Lipinski definition) is 5. The van der Waals surface area contributed by atoms with Gasteiger partial charge in [-0.15, -0.1) is 0 Å². The van der Waals surface area contributed by atoms with Crippen molar-refractivity contribution in [3.63, 3.8) is 0 Å². The maximum Gasteiger partial charge on any atom is 0.229 e. The van der Waals surface area contributed by atoms with E-state index in [9.17, 15) is 4.79 Å². The van der Waals surface area contributed by atoms with Crippen LogP contribution in [-0.2, 0) is 4.79 Å². The number of allylic oxidation sites excluding steroid dienone is 1. The first-order chi connectivity index (χ1) is 13.5. The first-order valence-corrected chi connectivity index (χ1v) is 10.6. The maximum atomic E-state index is 12.7. The van der Waals surface area contributed by atoms with Gasteiger partial charge < -0.3 is 4.90 Å². The molecule has 2 aromatic rings. The second-order valence-corrected chi connectivity index (χ2v) is 8.37. The summed E-state index contributed by atoms with van der Waals surface area (Å²) in [5.74, 6) is 0.451. The molecule has 0 atom stereocenters. The van der Waals surface area contributed by atoms with Crippen molar-refractivity contribution in [3.05, 3.63) is 48.0 Å². The van der Waals surface area contributed by atoms with Crippen molar-refractivity contribution in [1.29, 1.82) is 0 Å². The fourth-order valence-electron chi connectivity index (χ4n) is 3.70. The van der Waals surface area contributed by atoms with Crippen LogP contribution < -0.4 is 5.32 Å². The summed E-state index contributed by atoms with van der Waals surface area (Å²) in [4.78, 5) is 24.9. The molecule has 148 valence electrons. The molecular weight excluding hydrogens is 368 g/mol. The van der Waals surface area contributed by atoms with Crippen LogP contribution in [0.4, 0.5) is 5.95 Å². The molecule has 1 aliphatic carbocycles. The summed E-state index contributed by atoms with van der Waals surface area (Å²) in [6, 6.07) is 6.67. The highest BCUT2D eigenvalue weighted by Gasteiger charge is 2.27. The molecule has 3 rings (SSSR count). The molecule has 28 heavy (non-hydrogen) atoms. The lowest BCUT2D eigenvalue weighted by Gasteiger charge is -2.31. The third kappa shape index (κ3) is 4.80. The predicted octanol–water partition coefficient (Wildman–Crippen LogP) is 4.93. The van der Waals surface area contributed by atoms with Crippen LogP contribution in [0.5, 0.6) is 0 Å². The number of amides is 1. The van der Waals surface area contributed by atoms with E-state index in [4.69, 9.17) is 0 Å². The average Bonchev–Trinajstić information content (AvgIpc) is 2.71. The Hall–Kier alpha value is -2.18. The van der Waals surface area contributed by atoms with E-state index in [1.165, 1.54) is 0 Å². The summed E-state index contributed by atoms with van der Waals surface area (Å²) in [6.07, 6.45) is 7.76. The predicted molar refractivity (Wildman–Crippen MR) is 119 cm³/mol. The quantitative estimate of drug-likeness (QED) is 0.750. The molecule has 6 heteroatoms. The summed E-state index contributed by atoms with van der Waals surface area (Å²) >= 11 is 1.58. The van der Waals surface area contributed by atoms with E-state index in [2.05, 4.69) is 53.0 Å². The number of anilines is 1. The van der Waals surface area contributed by atoms with Gasteiger partial charge in [-0.25, -0.2) is 9.97 Å². The first-order valence-electron chi connectivity index (χ1n) is 9.70. The Morgan fingerprint density at radius 1 is 1.29 bits per heavy atom. The smallest absolute Gasteiger partial charge is 0.229 e. The van der Waals surface area contributed by atoms with Crippen LogP contribution in [-0.4, -0.2) is 40.9 Å². The molecule has 1 aromatic carbocycles. The van der Waals surface area contributed by atoms with Crippen LogP contribution in [0.1, 0.15) is 38.2 Å². The molecule has 0 unspecified atom stereocenters. The van der Waals surface area contributed by atoms with Gasteiger partial charge in [0.05, 0.1) is 5.52 Å². The SMILES string of the molecule is C=CS/C(=C\C)c1ccc2cnc(NC(=O)C3CCC(N(C)C)CC3)nc2c1. The molecular formula is C22H28N4OS. The highest BCUT2D eigenvalue weighted by atomic mass is 32.2.